The van der Waals surface area contributed by atoms with Crippen LogP contribution in [-0.4, -0.2) is 44.3 Å². The van der Waals surface area contributed by atoms with Crippen molar-refractivity contribution in [2.75, 3.05) is 19.7 Å². The number of halogens is 1. The molecule has 1 N–H and O–H groups in total. The highest BCUT2D eigenvalue weighted by Crippen LogP contribution is 2.17. The van der Waals surface area contributed by atoms with Gasteiger partial charge in [0.05, 0.1) is 16.5 Å². The number of hydrogen-bond donors (Lipinski definition) is 1. The van der Waals surface area contributed by atoms with Gasteiger partial charge in [0.1, 0.15) is 5.82 Å². The highest BCUT2D eigenvalue weighted by molar-refractivity contribution is 7.89. The first-order valence-corrected chi connectivity index (χ1v) is 10.9. The Labute approximate surface area is 175 Å². The minimum absolute atomic E-state index is 0.0774. The third kappa shape index (κ3) is 5.87. The van der Waals surface area contributed by atoms with Crippen molar-refractivity contribution >= 4 is 21.9 Å². The largest absolute Gasteiger partial charge is 0.452 e. The molecule has 0 aliphatic heterocycles. The number of hydrogen-bond acceptors (Lipinski definition) is 5. The van der Waals surface area contributed by atoms with Crippen LogP contribution in [0.4, 0.5) is 4.39 Å². The highest BCUT2D eigenvalue weighted by Gasteiger charge is 2.22. The van der Waals surface area contributed by atoms with Crippen LogP contribution in [0.15, 0.2) is 53.4 Å². The first-order chi connectivity index (χ1) is 14.2. The summed E-state index contributed by atoms with van der Waals surface area (Å²) in [6.45, 7) is 5.40. The molecule has 1 atom stereocenters. The fourth-order valence-corrected chi connectivity index (χ4v) is 4.27. The van der Waals surface area contributed by atoms with Crippen LogP contribution >= 0.6 is 0 Å². The molecule has 2 aromatic rings. The van der Waals surface area contributed by atoms with Crippen molar-refractivity contribution in [1.82, 2.24) is 9.62 Å². The number of nitrogens with one attached hydrogen (secondary N) is 1. The smallest absolute Gasteiger partial charge is 0.338 e. The summed E-state index contributed by atoms with van der Waals surface area (Å²) in [6, 6.07) is 10.7. The van der Waals surface area contributed by atoms with Crippen LogP contribution in [-0.2, 0) is 19.6 Å². The van der Waals surface area contributed by atoms with E-state index in [0.29, 0.717) is 18.7 Å². The van der Waals surface area contributed by atoms with Crippen molar-refractivity contribution in [2.45, 2.75) is 31.7 Å². The van der Waals surface area contributed by atoms with Crippen molar-refractivity contribution in [3.8, 4) is 0 Å². The van der Waals surface area contributed by atoms with Gasteiger partial charge in [-0.15, -0.1) is 0 Å². The minimum Gasteiger partial charge on any atom is -0.452 e. The number of rotatable bonds is 9. The van der Waals surface area contributed by atoms with E-state index in [9.17, 15) is 22.4 Å². The average molecular weight is 437 g/mol. The quantitative estimate of drug-likeness (QED) is 0.610. The molecule has 9 heteroatoms. The maximum absolute atomic E-state index is 13.0. The monoisotopic (exact) mass is 436 g/mol. The van der Waals surface area contributed by atoms with Crippen molar-refractivity contribution in [3.63, 3.8) is 0 Å². The Hall–Kier alpha value is -2.78. The number of sulfonamides is 1. The number of benzene rings is 2. The van der Waals surface area contributed by atoms with Gasteiger partial charge in [-0.1, -0.05) is 26.0 Å². The van der Waals surface area contributed by atoms with E-state index in [-0.39, 0.29) is 22.3 Å². The molecule has 2 aromatic carbocycles. The Morgan fingerprint density at radius 1 is 1.03 bits per heavy atom. The molecule has 0 fully saturated rings. The van der Waals surface area contributed by atoms with Crippen molar-refractivity contribution in [3.05, 3.63) is 65.5 Å². The Balaban J connectivity index is 1.93. The second kappa shape index (κ2) is 10.3. The second-order valence-electron chi connectivity index (χ2n) is 6.53. The molecule has 0 aliphatic carbocycles. The van der Waals surface area contributed by atoms with E-state index >= 15 is 0 Å². The van der Waals surface area contributed by atoms with Gasteiger partial charge >= 0.3 is 5.97 Å². The summed E-state index contributed by atoms with van der Waals surface area (Å²) in [5.41, 5.74) is 0.842. The minimum atomic E-state index is -3.62. The summed E-state index contributed by atoms with van der Waals surface area (Å²) >= 11 is 0. The highest BCUT2D eigenvalue weighted by atomic mass is 32.2. The van der Waals surface area contributed by atoms with Gasteiger partial charge in [0.25, 0.3) is 5.91 Å². The molecule has 0 bridgehead atoms. The summed E-state index contributed by atoms with van der Waals surface area (Å²) in [7, 11) is -3.62. The lowest BCUT2D eigenvalue weighted by atomic mass is 10.1. The van der Waals surface area contributed by atoms with E-state index in [1.807, 2.05) is 0 Å². The van der Waals surface area contributed by atoms with Gasteiger partial charge in [-0.3, -0.25) is 4.79 Å². The lowest BCUT2D eigenvalue weighted by Gasteiger charge is -2.18. The van der Waals surface area contributed by atoms with Gasteiger partial charge in [0, 0.05) is 13.1 Å². The van der Waals surface area contributed by atoms with Crippen LogP contribution in [0.3, 0.4) is 0 Å². The van der Waals surface area contributed by atoms with Gasteiger partial charge in [0.2, 0.25) is 10.0 Å². The normalized spacial score (nSPS) is 12.4. The molecule has 0 unspecified atom stereocenters. The molecule has 0 heterocycles. The molecule has 30 heavy (non-hydrogen) atoms. The number of carbonyl (C=O) groups is 2. The van der Waals surface area contributed by atoms with E-state index in [0.717, 1.165) is 0 Å². The van der Waals surface area contributed by atoms with E-state index in [1.165, 1.54) is 40.7 Å². The number of ether oxygens (including phenoxy) is 1. The Morgan fingerprint density at radius 3 is 2.13 bits per heavy atom. The first kappa shape index (κ1) is 23.5. The van der Waals surface area contributed by atoms with Gasteiger partial charge in [-0.2, -0.15) is 4.31 Å². The lowest BCUT2D eigenvalue weighted by Crippen LogP contribution is -2.31. The standard InChI is InChI=1S/C21H25FN2O5S/c1-4-24(5-2)30(27,28)19-12-8-17(9-13-19)21(26)29-14-20(25)23-15(3)16-6-10-18(22)11-7-16/h6-13,15H,4-5,14H2,1-3H3,(H,23,25)/t15-/m1/s1. The topological polar surface area (TPSA) is 92.8 Å². The van der Waals surface area contributed by atoms with Crippen molar-refractivity contribution < 1.29 is 27.1 Å². The SMILES string of the molecule is CCN(CC)S(=O)(=O)c1ccc(C(=O)OCC(=O)N[C@H](C)c2ccc(F)cc2)cc1. The maximum Gasteiger partial charge on any atom is 0.338 e. The molecular weight excluding hydrogens is 411 g/mol. The van der Waals surface area contributed by atoms with Gasteiger partial charge in [0.15, 0.2) is 6.61 Å². The fourth-order valence-electron chi connectivity index (χ4n) is 2.81. The molecule has 7 nitrogen and oxygen atoms in total. The summed E-state index contributed by atoms with van der Waals surface area (Å²) in [5, 5.41) is 2.65. The third-order valence-corrected chi connectivity index (χ3v) is 6.58. The zero-order valence-corrected chi connectivity index (χ0v) is 17.9. The van der Waals surface area contributed by atoms with Crippen molar-refractivity contribution in [2.24, 2.45) is 0 Å². The summed E-state index contributed by atoms with van der Waals surface area (Å²) in [5.74, 6) is -1.63. The Bertz CT molecular complexity index is 971. The van der Waals surface area contributed by atoms with Crippen LogP contribution in [0.25, 0.3) is 0 Å². The van der Waals surface area contributed by atoms with E-state index < -0.39 is 28.5 Å². The fraction of sp³-hybridized carbons (Fsp3) is 0.333. The zero-order valence-electron chi connectivity index (χ0n) is 17.1. The Morgan fingerprint density at radius 2 is 1.60 bits per heavy atom. The molecular formula is C21H25FN2O5S. The zero-order chi connectivity index (χ0) is 22.3. The van der Waals surface area contributed by atoms with Crippen LogP contribution in [0.5, 0.6) is 0 Å². The van der Waals surface area contributed by atoms with Crippen LogP contribution < -0.4 is 5.32 Å². The molecule has 1 amide bonds. The first-order valence-electron chi connectivity index (χ1n) is 9.51. The molecule has 0 aliphatic rings. The van der Waals surface area contributed by atoms with Gasteiger partial charge in [-0.05, 0) is 48.9 Å². The molecule has 162 valence electrons. The van der Waals surface area contributed by atoms with E-state index in [2.05, 4.69) is 5.32 Å². The van der Waals surface area contributed by atoms with Crippen LogP contribution in [0.1, 0.15) is 42.7 Å². The molecule has 0 saturated carbocycles. The number of amides is 1. The summed E-state index contributed by atoms with van der Waals surface area (Å²) in [4.78, 5) is 24.2. The predicted molar refractivity (Wildman–Crippen MR) is 110 cm³/mol. The number of carbonyl (C=O) groups excluding carboxylic acids is 2. The average Bonchev–Trinajstić information content (AvgIpc) is 2.73. The number of nitrogens with zero attached hydrogens (tertiary/aromatic N) is 1. The third-order valence-electron chi connectivity index (χ3n) is 4.52. The predicted octanol–water partition coefficient (Wildman–Crippen LogP) is 2.89. The van der Waals surface area contributed by atoms with Crippen LogP contribution in [0, 0.1) is 5.82 Å². The molecule has 0 saturated heterocycles. The van der Waals surface area contributed by atoms with Gasteiger partial charge in [-0.25, -0.2) is 17.6 Å². The lowest BCUT2D eigenvalue weighted by molar-refractivity contribution is -0.124. The molecule has 0 radical (unpaired) electrons. The van der Waals surface area contributed by atoms with E-state index in [4.69, 9.17) is 4.74 Å². The number of esters is 1. The second-order valence-corrected chi connectivity index (χ2v) is 8.47. The summed E-state index contributed by atoms with van der Waals surface area (Å²) in [6.07, 6.45) is 0. The van der Waals surface area contributed by atoms with Crippen LogP contribution in [0.2, 0.25) is 0 Å². The molecule has 0 spiro atoms. The van der Waals surface area contributed by atoms with Gasteiger partial charge < -0.3 is 10.1 Å². The van der Waals surface area contributed by atoms with Crippen molar-refractivity contribution in [1.29, 1.82) is 0 Å². The maximum atomic E-state index is 13.0. The Kier molecular flexibility index (Phi) is 8.08. The summed E-state index contributed by atoms with van der Waals surface area (Å²) < 4.78 is 44.2. The van der Waals surface area contributed by atoms with E-state index in [1.54, 1.807) is 32.9 Å². The molecule has 2 rings (SSSR count). The molecule has 0 aromatic heterocycles.